The van der Waals surface area contributed by atoms with Gasteiger partial charge in [-0.15, -0.1) is 0 Å². The first-order valence-corrected chi connectivity index (χ1v) is 10.3. The second-order valence-electron chi connectivity index (χ2n) is 7.45. The number of amides is 3. The summed E-state index contributed by atoms with van der Waals surface area (Å²) < 4.78 is 10.7. The van der Waals surface area contributed by atoms with Crippen molar-refractivity contribution in [2.75, 3.05) is 69.8 Å². The largest absolute Gasteiger partial charge is 0.497 e. The van der Waals surface area contributed by atoms with Gasteiger partial charge in [0.1, 0.15) is 23.9 Å². The topological polar surface area (TPSA) is 78.5 Å². The van der Waals surface area contributed by atoms with Gasteiger partial charge in [-0.3, -0.25) is 9.69 Å². The Morgan fingerprint density at radius 3 is 2.48 bits per heavy atom. The average Bonchev–Trinajstić information content (AvgIpc) is 3.19. The fourth-order valence-corrected chi connectivity index (χ4v) is 3.95. The first-order chi connectivity index (χ1) is 15.1. The lowest BCUT2D eigenvalue weighted by atomic mass is 10.2. The molecule has 0 N–H and O–H groups in total. The number of rotatable bonds is 6. The number of carbonyl (C=O) groups is 2. The van der Waals surface area contributed by atoms with E-state index in [2.05, 4.69) is 9.88 Å². The van der Waals surface area contributed by atoms with Crippen LogP contribution in [0.3, 0.4) is 0 Å². The summed E-state index contributed by atoms with van der Waals surface area (Å²) in [6, 6.07) is 11.0. The molecule has 3 heterocycles. The number of ether oxygens (including phenoxy) is 2. The maximum atomic E-state index is 13.0. The van der Waals surface area contributed by atoms with E-state index in [1.165, 1.54) is 0 Å². The average molecular weight is 425 g/mol. The summed E-state index contributed by atoms with van der Waals surface area (Å²) in [6.07, 6.45) is 1.77. The van der Waals surface area contributed by atoms with Gasteiger partial charge in [-0.2, -0.15) is 0 Å². The molecule has 0 saturated carbocycles. The summed E-state index contributed by atoms with van der Waals surface area (Å²) >= 11 is 0. The zero-order valence-electron chi connectivity index (χ0n) is 17.9. The number of carbonyl (C=O) groups excluding carboxylic acids is 2. The zero-order valence-corrected chi connectivity index (χ0v) is 17.9. The third kappa shape index (κ3) is 4.35. The van der Waals surface area contributed by atoms with Crippen molar-refractivity contribution in [2.45, 2.75) is 0 Å². The van der Waals surface area contributed by atoms with Gasteiger partial charge in [0.2, 0.25) is 5.91 Å². The van der Waals surface area contributed by atoms with E-state index in [-0.39, 0.29) is 18.5 Å². The van der Waals surface area contributed by atoms with Crippen molar-refractivity contribution in [3.8, 4) is 11.5 Å². The maximum Gasteiger partial charge on any atom is 0.325 e. The molecule has 9 heteroatoms. The van der Waals surface area contributed by atoms with Gasteiger partial charge in [-0.25, -0.2) is 9.78 Å². The van der Waals surface area contributed by atoms with Crippen LogP contribution in [0.5, 0.6) is 11.5 Å². The number of hydrogen-bond donors (Lipinski definition) is 0. The predicted octanol–water partition coefficient (Wildman–Crippen LogP) is 1.69. The molecule has 2 aliphatic rings. The molecule has 0 radical (unpaired) electrons. The molecule has 0 aliphatic carbocycles. The van der Waals surface area contributed by atoms with Crippen LogP contribution in [0.1, 0.15) is 0 Å². The van der Waals surface area contributed by atoms with E-state index in [1.807, 2.05) is 23.1 Å². The Labute approximate surface area is 181 Å². The molecule has 2 saturated heterocycles. The number of anilines is 2. The smallest absolute Gasteiger partial charge is 0.325 e. The molecule has 0 atom stereocenters. The number of piperazine rings is 1. The van der Waals surface area contributed by atoms with Crippen molar-refractivity contribution >= 4 is 23.4 Å². The third-order valence-corrected chi connectivity index (χ3v) is 5.70. The molecule has 3 amide bonds. The van der Waals surface area contributed by atoms with Gasteiger partial charge in [-0.05, 0) is 24.3 Å². The molecule has 2 aliphatic heterocycles. The van der Waals surface area contributed by atoms with Crippen LogP contribution in [-0.2, 0) is 4.79 Å². The molecule has 2 aromatic rings. The van der Waals surface area contributed by atoms with Crippen molar-refractivity contribution in [2.24, 2.45) is 0 Å². The number of benzene rings is 1. The molecule has 9 nitrogen and oxygen atoms in total. The highest BCUT2D eigenvalue weighted by atomic mass is 16.5. The number of nitrogens with zero attached hydrogens (tertiary/aromatic N) is 5. The Kier molecular flexibility index (Phi) is 6.11. The van der Waals surface area contributed by atoms with E-state index in [9.17, 15) is 9.59 Å². The van der Waals surface area contributed by atoms with Crippen molar-refractivity contribution in [1.29, 1.82) is 0 Å². The fourth-order valence-electron chi connectivity index (χ4n) is 3.95. The molecule has 0 bridgehead atoms. The minimum Gasteiger partial charge on any atom is -0.497 e. The standard InChI is InChI=1S/C22H27N5O4/c1-30-17-6-7-19(31-2)18(15-17)27-14-13-26(22(27)29)16-21(28)25-11-9-24(10-12-25)20-5-3-4-8-23-20/h3-8,15H,9-14,16H2,1-2H3. The molecule has 1 aromatic heterocycles. The van der Waals surface area contributed by atoms with Gasteiger partial charge in [0, 0.05) is 51.5 Å². The first kappa shape index (κ1) is 20.8. The molecule has 4 rings (SSSR count). The van der Waals surface area contributed by atoms with E-state index in [1.54, 1.807) is 48.4 Å². The van der Waals surface area contributed by atoms with E-state index >= 15 is 0 Å². The Hall–Kier alpha value is -3.49. The van der Waals surface area contributed by atoms with Crippen LogP contribution in [-0.4, -0.2) is 86.8 Å². The molecular weight excluding hydrogens is 398 g/mol. The van der Waals surface area contributed by atoms with Gasteiger partial charge < -0.3 is 24.2 Å². The van der Waals surface area contributed by atoms with Crippen LogP contribution in [0.4, 0.5) is 16.3 Å². The van der Waals surface area contributed by atoms with Gasteiger partial charge in [0.15, 0.2) is 0 Å². The minimum absolute atomic E-state index is 0.0338. The lowest BCUT2D eigenvalue weighted by Gasteiger charge is -2.36. The van der Waals surface area contributed by atoms with Crippen LogP contribution >= 0.6 is 0 Å². The second-order valence-corrected chi connectivity index (χ2v) is 7.45. The van der Waals surface area contributed by atoms with Crippen molar-refractivity contribution in [3.05, 3.63) is 42.6 Å². The normalized spacial score (nSPS) is 16.6. The van der Waals surface area contributed by atoms with Gasteiger partial charge >= 0.3 is 6.03 Å². The number of hydrogen-bond acceptors (Lipinski definition) is 6. The molecule has 31 heavy (non-hydrogen) atoms. The summed E-state index contributed by atoms with van der Waals surface area (Å²) in [4.78, 5) is 37.4. The number of methoxy groups -OCH3 is 2. The summed E-state index contributed by atoms with van der Waals surface area (Å²) in [5.41, 5.74) is 0.644. The van der Waals surface area contributed by atoms with Crippen LogP contribution in [0.25, 0.3) is 0 Å². The Morgan fingerprint density at radius 2 is 1.81 bits per heavy atom. The van der Waals surface area contributed by atoms with Gasteiger partial charge in [0.25, 0.3) is 0 Å². The highest BCUT2D eigenvalue weighted by molar-refractivity contribution is 5.98. The Morgan fingerprint density at radius 1 is 1.00 bits per heavy atom. The summed E-state index contributed by atoms with van der Waals surface area (Å²) in [7, 11) is 3.15. The maximum absolute atomic E-state index is 13.0. The predicted molar refractivity (Wildman–Crippen MR) is 117 cm³/mol. The summed E-state index contributed by atoms with van der Waals surface area (Å²) in [5, 5.41) is 0. The quantitative estimate of drug-likeness (QED) is 0.701. The first-order valence-electron chi connectivity index (χ1n) is 10.3. The van der Waals surface area contributed by atoms with Crippen molar-refractivity contribution in [1.82, 2.24) is 14.8 Å². The van der Waals surface area contributed by atoms with Crippen LogP contribution in [0.2, 0.25) is 0 Å². The number of pyridine rings is 1. The van der Waals surface area contributed by atoms with Crippen molar-refractivity contribution in [3.63, 3.8) is 0 Å². The van der Waals surface area contributed by atoms with Crippen molar-refractivity contribution < 1.29 is 19.1 Å². The molecule has 2 fully saturated rings. The highest BCUT2D eigenvalue weighted by Crippen LogP contribution is 2.34. The minimum atomic E-state index is -0.202. The van der Waals surface area contributed by atoms with Gasteiger partial charge in [-0.1, -0.05) is 6.07 Å². The third-order valence-electron chi connectivity index (χ3n) is 5.70. The summed E-state index contributed by atoms with van der Waals surface area (Å²) in [5.74, 6) is 2.12. The Balaban J connectivity index is 1.36. The van der Waals surface area contributed by atoms with E-state index in [0.717, 1.165) is 18.9 Å². The van der Waals surface area contributed by atoms with Gasteiger partial charge in [0.05, 0.1) is 19.9 Å². The SMILES string of the molecule is COc1ccc(OC)c(N2CCN(CC(=O)N3CCN(c4ccccn4)CC3)C2=O)c1. The zero-order chi connectivity index (χ0) is 21.8. The van der Waals surface area contributed by atoms with Crippen LogP contribution < -0.4 is 19.3 Å². The van der Waals surface area contributed by atoms with E-state index in [4.69, 9.17) is 9.47 Å². The highest BCUT2D eigenvalue weighted by Gasteiger charge is 2.34. The number of aromatic nitrogens is 1. The van der Waals surface area contributed by atoms with E-state index < -0.39 is 0 Å². The lowest BCUT2D eigenvalue weighted by Crippen LogP contribution is -2.51. The van der Waals surface area contributed by atoms with E-state index in [0.29, 0.717) is 43.4 Å². The molecule has 0 unspecified atom stereocenters. The molecule has 164 valence electrons. The lowest BCUT2D eigenvalue weighted by molar-refractivity contribution is -0.131. The van der Waals surface area contributed by atoms with Crippen LogP contribution in [0, 0.1) is 0 Å². The second kappa shape index (κ2) is 9.11. The summed E-state index contributed by atoms with van der Waals surface area (Å²) in [6.45, 7) is 3.73. The van der Waals surface area contributed by atoms with Crippen LogP contribution in [0.15, 0.2) is 42.6 Å². The number of urea groups is 1. The molecular formula is C22H27N5O4. The monoisotopic (exact) mass is 425 g/mol. The molecule has 1 aromatic carbocycles. The fraction of sp³-hybridized carbons (Fsp3) is 0.409. The molecule has 0 spiro atoms. The Bertz CT molecular complexity index is 931.